The van der Waals surface area contributed by atoms with Crippen LogP contribution in [-0.2, 0) is 12.8 Å². The van der Waals surface area contributed by atoms with Gasteiger partial charge < -0.3 is 4.98 Å². The van der Waals surface area contributed by atoms with Gasteiger partial charge >= 0.3 is 0 Å². The first-order chi connectivity index (χ1) is 9.22. The Morgan fingerprint density at radius 2 is 1.95 bits per heavy atom. The summed E-state index contributed by atoms with van der Waals surface area (Å²) in [5.41, 5.74) is 8.29. The second-order valence-electron chi connectivity index (χ2n) is 5.42. The summed E-state index contributed by atoms with van der Waals surface area (Å²) in [5.74, 6) is 0.888. The van der Waals surface area contributed by atoms with Gasteiger partial charge in [0.2, 0.25) is 0 Å². The van der Waals surface area contributed by atoms with E-state index in [0.717, 1.165) is 35.4 Å². The zero-order valence-corrected chi connectivity index (χ0v) is 11.2. The zero-order valence-electron chi connectivity index (χ0n) is 11.2. The average molecular weight is 252 g/mol. The van der Waals surface area contributed by atoms with E-state index in [1.807, 2.05) is 0 Å². The fraction of sp³-hybridized carbons (Fsp3) is 0.333. The quantitative estimate of drug-likeness (QED) is 0.699. The number of H-pyrrole nitrogens is 2. The van der Waals surface area contributed by atoms with E-state index in [1.54, 1.807) is 0 Å². The number of hydrogen-bond donors (Lipinski definition) is 2. The standard InChI is InChI=1S/C15H16N4/c1-8-6-12-13(7-9(8)2)17-15(16-12)14-10-4-3-5-11(10)18-19-14/h6-7H,3-5H2,1-2H3,(H,16,17)(H,18,19). The van der Waals surface area contributed by atoms with Gasteiger partial charge in [-0.25, -0.2) is 4.98 Å². The van der Waals surface area contributed by atoms with Crippen molar-refractivity contribution in [2.45, 2.75) is 33.1 Å². The Morgan fingerprint density at radius 1 is 1.11 bits per heavy atom. The minimum Gasteiger partial charge on any atom is -0.337 e. The van der Waals surface area contributed by atoms with E-state index < -0.39 is 0 Å². The van der Waals surface area contributed by atoms with Crippen molar-refractivity contribution in [3.05, 3.63) is 34.5 Å². The summed E-state index contributed by atoms with van der Waals surface area (Å²) >= 11 is 0. The van der Waals surface area contributed by atoms with Crippen molar-refractivity contribution >= 4 is 11.0 Å². The van der Waals surface area contributed by atoms with Crippen LogP contribution < -0.4 is 0 Å². The molecule has 0 spiro atoms. The number of hydrogen-bond acceptors (Lipinski definition) is 2. The van der Waals surface area contributed by atoms with E-state index in [9.17, 15) is 0 Å². The van der Waals surface area contributed by atoms with E-state index in [-0.39, 0.29) is 0 Å². The Labute approximate surface area is 111 Å². The van der Waals surface area contributed by atoms with Gasteiger partial charge in [0.25, 0.3) is 0 Å². The molecule has 1 aromatic carbocycles. The molecule has 1 aliphatic rings. The highest BCUT2D eigenvalue weighted by atomic mass is 15.1. The molecule has 0 radical (unpaired) electrons. The third-order valence-electron chi connectivity index (χ3n) is 4.13. The highest BCUT2D eigenvalue weighted by Gasteiger charge is 2.21. The van der Waals surface area contributed by atoms with Crippen LogP contribution in [0.15, 0.2) is 12.1 Å². The van der Waals surface area contributed by atoms with Gasteiger partial charge in [0, 0.05) is 11.3 Å². The molecule has 4 nitrogen and oxygen atoms in total. The molecule has 0 amide bonds. The summed E-state index contributed by atoms with van der Waals surface area (Å²) in [5, 5.41) is 7.57. The molecule has 2 heterocycles. The molecule has 19 heavy (non-hydrogen) atoms. The van der Waals surface area contributed by atoms with Crippen LogP contribution in [0, 0.1) is 13.8 Å². The third-order valence-corrected chi connectivity index (χ3v) is 4.13. The second-order valence-corrected chi connectivity index (χ2v) is 5.42. The number of nitrogens with one attached hydrogen (secondary N) is 2. The Bertz CT molecular complexity index is 740. The van der Waals surface area contributed by atoms with Gasteiger partial charge in [-0.05, 0) is 56.4 Å². The van der Waals surface area contributed by atoms with Gasteiger partial charge in [0.05, 0.1) is 11.0 Å². The van der Waals surface area contributed by atoms with Crippen molar-refractivity contribution in [3.63, 3.8) is 0 Å². The highest BCUT2D eigenvalue weighted by Crippen LogP contribution is 2.30. The first-order valence-corrected chi connectivity index (χ1v) is 6.76. The number of imidazole rings is 1. The molecule has 3 aromatic rings. The molecule has 2 N–H and O–H groups in total. The summed E-state index contributed by atoms with van der Waals surface area (Å²) in [6, 6.07) is 4.30. The lowest BCUT2D eigenvalue weighted by molar-refractivity contribution is 0.865. The van der Waals surface area contributed by atoms with Crippen LogP contribution in [0.25, 0.3) is 22.6 Å². The van der Waals surface area contributed by atoms with Gasteiger partial charge in [-0.3, -0.25) is 5.10 Å². The maximum Gasteiger partial charge on any atom is 0.159 e. The monoisotopic (exact) mass is 252 g/mol. The van der Waals surface area contributed by atoms with Crippen LogP contribution in [0.3, 0.4) is 0 Å². The van der Waals surface area contributed by atoms with Crippen LogP contribution in [0.5, 0.6) is 0 Å². The Morgan fingerprint density at radius 3 is 2.84 bits per heavy atom. The normalized spacial score (nSPS) is 14.2. The first kappa shape index (κ1) is 10.8. The largest absolute Gasteiger partial charge is 0.337 e. The van der Waals surface area contributed by atoms with Crippen molar-refractivity contribution in [2.24, 2.45) is 0 Å². The Hall–Kier alpha value is -2.10. The van der Waals surface area contributed by atoms with Crippen molar-refractivity contribution < 1.29 is 0 Å². The molecule has 0 saturated heterocycles. The van der Waals surface area contributed by atoms with E-state index in [1.165, 1.54) is 28.8 Å². The number of rotatable bonds is 1. The molecular formula is C15H16N4. The predicted octanol–water partition coefficient (Wildman–Crippen LogP) is 3.06. The van der Waals surface area contributed by atoms with Crippen LogP contribution in [0.4, 0.5) is 0 Å². The van der Waals surface area contributed by atoms with Gasteiger partial charge in [-0.1, -0.05) is 0 Å². The van der Waals surface area contributed by atoms with Gasteiger partial charge in [-0.2, -0.15) is 5.10 Å². The molecular weight excluding hydrogens is 236 g/mol. The Balaban J connectivity index is 1.91. The maximum atomic E-state index is 4.70. The molecule has 4 heteroatoms. The van der Waals surface area contributed by atoms with E-state index >= 15 is 0 Å². The van der Waals surface area contributed by atoms with Gasteiger partial charge in [-0.15, -0.1) is 0 Å². The zero-order chi connectivity index (χ0) is 13.0. The van der Waals surface area contributed by atoms with E-state index in [2.05, 4.69) is 41.2 Å². The third kappa shape index (κ3) is 1.52. The van der Waals surface area contributed by atoms with Crippen LogP contribution in [0.2, 0.25) is 0 Å². The molecule has 0 bridgehead atoms. The van der Waals surface area contributed by atoms with Crippen molar-refractivity contribution in [1.29, 1.82) is 0 Å². The molecule has 0 unspecified atom stereocenters. The predicted molar refractivity (Wildman–Crippen MR) is 75.2 cm³/mol. The minimum absolute atomic E-state index is 0.888. The van der Waals surface area contributed by atoms with Crippen molar-refractivity contribution in [1.82, 2.24) is 20.2 Å². The summed E-state index contributed by atoms with van der Waals surface area (Å²) in [7, 11) is 0. The lowest BCUT2D eigenvalue weighted by atomic mass is 10.1. The number of aromatic amines is 2. The lowest BCUT2D eigenvalue weighted by Gasteiger charge is -1.97. The number of aromatic nitrogens is 4. The van der Waals surface area contributed by atoms with Crippen LogP contribution in [0.1, 0.15) is 28.8 Å². The number of fused-ring (bicyclic) bond motifs is 2. The summed E-state index contributed by atoms with van der Waals surface area (Å²) in [6.45, 7) is 4.25. The van der Waals surface area contributed by atoms with Gasteiger partial charge in [0.15, 0.2) is 5.82 Å². The molecule has 96 valence electrons. The number of benzene rings is 1. The van der Waals surface area contributed by atoms with Gasteiger partial charge in [0.1, 0.15) is 5.69 Å². The first-order valence-electron chi connectivity index (χ1n) is 6.76. The van der Waals surface area contributed by atoms with Crippen molar-refractivity contribution in [3.8, 4) is 11.5 Å². The topological polar surface area (TPSA) is 57.4 Å². The molecule has 2 aromatic heterocycles. The highest BCUT2D eigenvalue weighted by molar-refractivity contribution is 5.81. The Kier molecular flexibility index (Phi) is 2.10. The fourth-order valence-electron chi connectivity index (χ4n) is 2.90. The van der Waals surface area contributed by atoms with Crippen LogP contribution >= 0.6 is 0 Å². The summed E-state index contributed by atoms with van der Waals surface area (Å²) in [4.78, 5) is 8.10. The molecule has 0 atom stereocenters. The summed E-state index contributed by atoms with van der Waals surface area (Å²) in [6.07, 6.45) is 3.44. The molecule has 1 aliphatic carbocycles. The second kappa shape index (κ2) is 3.70. The number of aryl methyl sites for hydroxylation is 3. The number of nitrogens with zero attached hydrogens (tertiary/aromatic N) is 2. The van der Waals surface area contributed by atoms with E-state index in [0.29, 0.717) is 0 Å². The maximum absolute atomic E-state index is 4.70. The minimum atomic E-state index is 0.888. The van der Waals surface area contributed by atoms with Crippen molar-refractivity contribution in [2.75, 3.05) is 0 Å². The molecule has 0 aliphatic heterocycles. The SMILES string of the molecule is Cc1cc2nc(-c3n[nH]c4c3CCC4)[nH]c2cc1C. The van der Waals surface area contributed by atoms with E-state index in [4.69, 9.17) is 4.98 Å². The molecule has 4 rings (SSSR count). The molecule has 0 saturated carbocycles. The molecule has 0 fully saturated rings. The smallest absolute Gasteiger partial charge is 0.159 e. The fourth-order valence-corrected chi connectivity index (χ4v) is 2.90. The average Bonchev–Trinajstić information content (AvgIpc) is 3.03. The van der Waals surface area contributed by atoms with Crippen LogP contribution in [-0.4, -0.2) is 20.2 Å². The summed E-state index contributed by atoms with van der Waals surface area (Å²) < 4.78 is 0. The lowest BCUT2D eigenvalue weighted by Crippen LogP contribution is -1.86.